The zero-order valence-electron chi connectivity index (χ0n) is 13.2. The van der Waals surface area contributed by atoms with Crippen molar-refractivity contribution in [3.05, 3.63) is 29.6 Å². The molecular formula is C15H25N5O2S. The minimum atomic E-state index is -0.990. The lowest BCUT2D eigenvalue weighted by atomic mass is 10.2. The molecule has 0 amide bonds. The summed E-state index contributed by atoms with van der Waals surface area (Å²) < 4.78 is 2.01. The van der Waals surface area contributed by atoms with E-state index >= 15 is 0 Å². The summed E-state index contributed by atoms with van der Waals surface area (Å²) in [6.45, 7) is 7.85. The fraction of sp³-hybridized carbons (Fsp3) is 0.600. The third kappa shape index (κ3) is 6.84. The molecule has 7 nitrogen and oxygen atoms in total. The minimum Gasteiger partial charge on any atom is -0.477 e. The Kier molecular flexibility index (Phi) is 7.77. The van der Waals surface area contributed by atoms with E-state index in [1.165, 1.54) is 6.07 Å². The fourth-order valence-corrected chi connectivity index (χ4v) is 2.62. The van der Waals surface area contributed by atoms with E-state index in [2.05, 4.69) is 33.3 Å². The van der Waals surface area contributed by atoms with Crippen LogP contribution in [-0.2, 0) is 6.54 Å². The molecule has 1 aliphatic rings. The zero-order valence-corrected chi connectivity index (χ0v) is 14.1. The molecule has 0 spiro atoms. The quantitative estimate of drug-likeness (QED) is 0.574. The van der Waals surface area contributed by atoms with E-state index in [0.717, 1.165) is 58.1 Å². The summed E-state index contributed by atoms with van der Waals surface area (Å²) in [7, 11) is 0. The fourth-order valence-electron chi connectivity index (χ4n) is 2.43. The molecule has 1 aromatic rings. The highest BCUT2D eigenvalue weighted by Crippen LogP contribution is 2.05. The van der Waals surface area contributed by atoms with Gasteiger partial charge in [-0.1, -0.05) is 18.9 Å². The van der Waals surface area contributed by atoms with Crippen molar-refractivity contribution < 1.29 is 9.90 Å². The van der Waals surface area contributed by atoms with Crippen LogP contribution in [0.2, 0.25) is 0 Å². The molecule has 0 atom stereocenters. The topological polar surface area (TPSA) is 80.7 Å². The number of aromatic carboxylic acids is 1. The molecule has 0 aliphatic carbocycles. The van der Waals surface area contributed by atoms with Crippen molar-refractivity contribution in [3.8, 4) is 0 Å². The molecule has 1 aliphatic heterocycles. The largest absolute Gasteiger partial charge is 0.477 e. The predicted molar refractivity (Wildman–Crippen MR) is 92.8 cm³/mol. The summed E-state index contributed by atoms with van der Waals surface area (Å²) in [6, 6.07) is 5.14. The first-order valence-corrected chi connectivity index (χ1v) is 8.32. The Balaban J connectivity index is 1.96. The van der Waals surface area contributed by atoms with Crippen LogP contribution < -0.4 is 10.6 Å². The summed E-state index contributed by atoms with van der Waals surface area (Å²) in [5, 5.41) is 15.8. The van der Waals surface area contributed by atoms with Crippen LogP contribution in [0.5, 0.6) is 0 Å². The van der Waals surface area contributed by atoms with Gasteiger partial charge in [0.25, 0.3) is 0 Å². The molecule has 2 heterocycles. The molecule has 2 rings (SSSR count). The number of pyridine rings is 1. The summed E-state index contributed by atoms with van der Waals surface area (Å²) in [5.74, 6) is -0.990. The molecule has 23 heavy (non-hydrogen) atoms. The number of thiol groups is 1. The predicted octanol–water partition coefficient (Wildman–Crippen LogP) is -0.0786. The van der Waals surface area contributed by atoms with Crippen LogP contribution in [0.25, 0.3) is 0 Å². The summed E-state index contributed by atoms with van der Waals surface area (Å²) in [6.07, 6.45) is 0. The zero-order chi connectivity index (χ0) is 16.5. The Morgan fingerprint density at radius 1 is 1.13 bits per heavy atom. The molecule has 1 saturated heterocycles. The number of carbonyl (C=O) groups is 1. The lowest BCUT2D eigenvalue weighted by Crippen LogP contribution is -2.41. The van der Waals surface area contributed by atoms with Gasteiger partial charge in [0.15, 0.2) is 0 Å². The number of nitrogens with zero attached hydrogens (tertiary/aromatic N) is 3. The number of carboxylic acids is 1. The lowest BCUT2D eigenvalue weighted by Gasteiger charge is -2.26. The van der Waals surface area contributed by atoms with Crippen molar-refractivity contribution in [2.24, 2.45) is 0 Å². The Hall–Kier alpha value is -1.19. The normalized spacial score (nSPS) is 19.7. The van der Waals surface area contributed by atoms with E-state index in [0.29, 0.717) is 6.54 Å². The van der Waals surface area contributed by atoms with Crippen LogP contribution in [0.15, 0.2) is 18.2 Å². The Labute approximate surface area is 142 Å². The number of aromatic nitrogens is 1. The second-order valence-corrected chi connectivity index (χ2v) is 6.11. The molecule has 0 aromatic carbocycles. The van der Waals surface area contributed by atoms with Crippen molar-refractivity contribution in [1.29, 1.82) is 0 Å². The Bertz CT molecular complexity index is 503. The van der Waals surface area contributed by atoms with E-state index < -0.39 is 5.97 Å². The van der Waals surface area contributed by atoms with Gasteiger partial charge in [-0.25, -0.2) is 9.78 Å². The molecular weight excluding hydrogens is 314 g/mol. The molecule has 3 N–H and O–H groups in total. The van der Waals surface area contributed by atoms with E-state index in [4.69, 9.17) is 5.11 Å². The van der Waals surface area contributed by atoms with Gasteiger partial charge in [0, 0.05) is 58.9 Å². The van der Waals surface area contributed by atoms with Gasteiger partial charge in [-0.15, -0.1) is 0 Å². The monoisotopic (exact) mass is 339 g/mol. The first-order chi connectivity index (χ1) is 11.1. The lowest BCUT2D eigenvalue weighted by molar-refractivity contribution is 0.0690. The average Bonchev–Trinajstić information content (AvgIpc) is 2.53. The summed E-state index contributed by atoms with van der Waals surface area (Å²) >= 11 is 4.49. The highest BCUT2D eigenvalue weighted by atomic mass is 32.1. The SMILES string of the molecule is O=C(O)c1cccc(CN2CCNCCNCCN(S)CC2)n1. The standard InChI is InChI=1S/C15H25N5O2S/c21-15(22)14-3-1-2-13(18-14)12-19-8-6-16-4-5-17-7-9-20(23)11-10-19/h1-3,16-17,23H,4-12H2,(H,21,22). The van der Waals surface area contributed by atoms with Crippen LogP contribution in [0.1, 0.15) is 16.2 Å². The summed E-state index contributed by atoms with van der Waals surface area (Å²) in [5.41, 5.74) is 0.876. The molecule has 1 fully saturated rings. The minimum absolute atomic E-state index is 0.0943. The number of rotatable bonds is 3. The van der Waals surface area contributed by atoms with Crippen molar-refractivity contribution in [1.82, 2.24) is 24.8 Å². The van der Waals surface area contributed by atoms with Gasteiger partial charge in [0.05, 0.1) is 5.69 Å². The number of carboxylic acid groups (broad SMARTS) is 1. The van der Waals surface area contributed by atoms with Crippen LogP contribution in [0, 0.1) is 0 Å². The molecule has 0 unspecified atom stereocenters. The van der Waals surface area contributed by atoms with E-state index in [1.807, 2.05) is 10.4 Å². The van der Waals surface area contributed by atoms with Crippen LogP contribution >= 0.6 is 12.8 Å². The molecule has 8 heteroatoms. The third-order valence-corrected chi connectivity index (χ3v) is 4.12. The van der Waals surface area contributed by atoms with E-state index in [9.17, 15) is 4.79 Å². The number of hydrogen-bond donors (Lipinski definition) is 4. The second-order valence-electron chi connectivity index (χ2n) is 5.55. The molecule has 0 bridgehead atoms. The van der Waals surface area contributed by atoms with Gasteiger partial charge in [-0.05, 0) is 12.1 Å². The smallest absolute Gasteiger partial charge is 0.354 e. The maximum atomic E-state index is 11.0. The van der Waals surface area contributed by atoms with Gasteiger partial charge < -0.3 is 15.7 Å². The van der Waals surface area contributed by atoms with E-state index in [1.54, 1.807) is 6.07 Å². The summed E-state index contributed by atoms with van der Waals surface area (Å²) in [4.78, 5) is 17.5. The van der Waals surface area contributed by atoms with Crippen molar-refractivity contribution in [3.63, 3.8) is 0 Å². The first-order valence-electron chi connectivity index (χ1n) is 7.92. The molecule has 1 aromatic heterocycles. The Morgan fingerprint density at radius 3 is 2.61 bits per heavy atom. The van der Waals surface area contributed by atoms with Crippen molar-refractivity contribution in [2.75, 3.05) is 52.4 Å². The maximum Gasteiger partial charge on any atom is 0.354 e. The molecule has 128 valence electrons. The maximum absolute atomic E-state index is 11.0. The van der Waals surface area contributed by atoms with Crippen LogP contribution in [-0.4, -0.2) is 77.6 Å². The van der Waals surface area contributed by atoms with Crippen molar-refractivity contribution >= 4 is 18.8 Å². The third-order valence-electron chi connectivity index (χ3n) is 3.72. The highest BCUT2D eigenvalue weighted by Gasteiger charge is 2.11. The van der Waals surface area contributed by atoms with Gasteiger partial charge in [0.1, 0.15) is 5.69 Å². The Morgan fingerprint density at radius 2 is 1.87 bits per heavy atom. The van der Waals surface area contributed by atoms with Gasteiger partial charge in [-0.2, -0.15) is 0 Å². The van der Waals surface area contributed by atoms with E-state index in [-0.39, 0.29) is 5.69 Å². The first kappa shape index (κ1) is 18.2. The number of hydrogen-bond acceptors (Lipinski definition) is 7. The van der Waals surface area contributed by atoms with Crippen molar-refractivity contribution in [2.45, 2.75) is 6.54 Å². The molecule has 0 saturated carbocycles. The van der Waals surface area contributed by atoms with Gasteiger partial charge in [-0.3, -0.25) is 9.21 Å². The van der Waals surface area contributed by atoms with Gasteiger partial charge >= 0.3 is 5.97 Å². The van der Waals surface area contributed by atoms with Crippen LogP contribution in [0.4, 0.5) is 0 Å². The molecule has 0 radical (unpaired) electrons. The number of nitrogens with one attached hydrogen (secondary N) is 2. The second kappa shape index (κ2) is 9.84. The average molecular weight is 339 g/mol. The highest BCUT2D eigenvalue weighted by molar-refractivity contribution is 7.77. The van der Waals surface area contributed by atoms with Crippen LogP contribution in [0.3, 0.4) is 0 Å². The van der Waals surface area contributed by atoms with Gasteiger partial charge in [0.2, 0.25) is 0 Å².